The SMILES string of the molecule is Cl.[2H]C([2H])([2H])[C@@H](N)c1cc(OC(F)(F)F)ccc1F. The lowest BCUT2D eigenvalue weighted by molar-refractivity contribution is -0.274. The molecule has 0 bridgehead atoms. The Morgan fingerprint density at radius 1 is 1.44 bits per heavy atom. The number of hydrogen-bond donors (Lipinski definition) is 1. The average molecular weight is 263 g/mol. The van der Waals surface area contributed by atoms with Crippen LogP contribution in [-0.4, -0.2) is 6.36 Å². The summed E-state index contributed by atoms with van der Waals surface area (Å²) in [6.07, 6.45) is -4.95. The molecule has 0 heterocycles. The Bertz CT molecular complexity index is 438. The molecule has 0 saturated carbocycles. The molecule has 2 nitrogen and oxygen atoms in total. The van der Waals surface area contributed by atoms with Gasteiger partial charge < -0.3 is 10.5 Å². The van der Waals surface area contributed by atoms with Gasteiger partial charge >= 0.3 is 6.36 Å². The van der Waals surface area contributed by atoms with Crippen LogP contribution >= 0.6 is 12.4 Å². The van der Waals surface area contributed by atoms with E-state index in [1.807, 2.05) is 0 Å². The molecular weight excluding hydrogens is 250 g/mol. The van der Waals surface area contributed by atoms with E-state index in [-0.39, 0.29) is 12.4 Å². The van der Waals surface area contributed by atoms with Crippen molar-refractivity contribution < 1.29 is 26.4 Å². The van der Waals surface area contributed by atoms with E-state index in [2.05, 4.69) is 4.74 Å². The third-order valence-corrected chi connectivity index (χ3v) is 1.54. The first-order chi connectivity index (χ1) is 8.00. The molecule has 0 radical (unpaired) electrons. The van der Waals surface area contributed by atoms with E-state index < -0.39 is 36.4 Å². The molecule has 0 aromatic heterocycles. The van der Waals surface area contributed by atoms with Crippen molar-refractivity contribution in [2.45, 2.75) is 19.3 Å². The molecule has 0 spiro atoms. The first-order valence-electron chi connectivity index (χ1n) is 5.31. The molecule has 7 heteroatoms. The Morgan fingerprint density at radius 2 is 2.06 bits per heavy atom. The number of halogens is 5. The molecule has 0 saturated heterocycles. The fourth-order valence-electron chi connectivity index (χ4n) is 0.957. The fourth-order valence-corrected chi connectivity index (χ4v) is 0.957. The molecule has 0 aliphatic carbocycles. The second-order valence-corrected chi connectivity index (χ2v) is 2.71. The Balaban J connectivity index is 0.00000324. The van der Waals surface area contributed by atoms with Crippen LogP contribution in [0.2, 0.25) is 0 Å². The van der Waals surface area contributed by atoms with Crippen LogP contribution in [0.3, 0.4) is 0 Å². The molecular formula is C9H10ClF4NO. The van der Waals surface area contributed by atoms with Crippen LogP contribution in [0.5, 0.6) is 5.75 Å². The van der Waals surface area contributed by atoms with Gasteiger partial charge in [0.05, 0.1) is 0 Å². The molecule has 0 aliphatic heterocycles. The first-order valence-corrected chi connectivity index (χ1v) is 3.81. The topological polar surface area (TPSA) is 35.2 Å². The van der Waals surface area contributed by atoms with Crippen molar-refractivity contribution in [3.8, 4) is 5.75 Å². The predicted octanol–water partition coefficient (Wildman–Crippen LogP) is 3.17. The maximum Gasteiger partial charge on any atom is 0.573 e. The lowest BCUT2D eigenvalue weighted by Crippen LogP contribution is -2.17. The summed E-state index contributed by atoms with van der Waals surface area (Å²) in [7, 11) is 0. The standard InChI is InChI=1S/C9H9F4NO.ClH/c1-5(14)7-4-6(2-3-8(7)10)15-9(11,12)13;/h2-5H,14H2,1H3;1H/t5-;/m1./s1/i1D3;. The Hall–Kier alpha value is -1.01. The highest BCUT2D eigenvalue weighted by atomic mass is 35.5. The fraction of sp³-hybridized carbons (Fsp3) is 0.333. The minimum atomic E-state index is -4.95. The molecule has 0 unspecified atom stereocenters. The molecule has 16 heavy (non-hydrogen) atoms. The quantitative estimate of drug-likeness (QED) is 0.831. The monoisotopic (exact) mass is 262 g/mol. The van der Waals surface area contributed by atoms with Crippen LogP contribution in [0.4, 0.5) is 17.6 Å². The van der Waals surface area contributed by atoms with Gasteiger partial charge in [-0.2, -0.15) is 0 Å². The van der Waals surface area contributed by atoms with Gasteiger partial charge in [-0.3, -0.25) is 0 Å². The van der Waals surface area contributed by atoms with E-state index in [0.29, 0.717) is 12.1 Å². The van der Waals surface area contributed by atoms with Crippen LogP contribution in [0.25, 0.3) is 0 Å². The van der Waals surface area contributed by atoms with Gasteiger partial charge in [-0.05, 0) is 25.1 Å². The summed E-state index contributed by atoms with van der Waals surface area (Å²) in [4.78, 5) is 0. The van der Waals surface area contributed by atoms with Crippen LogP contribution in [0, 0.1) is 5.82 Å². The van der Waals surface area contributed by atoms with E-state index in [0.717, 1.165) is 6.07 Å². The van der Waals surface area contributed by atoms with Crippen molar-refractivity contribution in [2.75, 3.05) is 0 Å². The van der Waals surface area contributed by atoms with E-state index in [9.17, 15) is 17.6 Å². The van der Waals surface area contributed by atoms with Crippen LogP contribution < -0.4 is 10.5 Å². The van der Waals surface area contributed by atoms with E-state index in [4.69, 9.17) is 9.85 Å². The van der Waals surface area contributed by atoms with Gasteiger partial charge in [0.25, 0.3) is 0 Å². The van der Waals surface area contributed by atoms with Gasteiger partial charge in [-0.1, -0.05) is 0 Å². The van der Waals surface area contributed by atoms with Crippen molar-refractivity contribution in [3.05, 3.63) is 29.6 Å². The maximum absolute atomic E-state index is 13.3. The average Bonchev–Trinajstić information content (AvgIpc) is 2.16. The molecule has 1 aromatic carbocycles. The number of alkyl halides is 3. The van der Waals surface area contributed by atoms with E-state index >= 15 is 0 Å². The van der Waals surface area contributed by atoms with Crippen molar-refractivity contribution in [1.29, 1.82) is 0 Å². The molecule has 0 fully saturated rings. The zero-order chi connectivity index (χ0) is 14.1. The minimum Gasteiger partial charge on any atom is -0.406 e. The minimum absolute atomic E-state index is 0. The summed E-state index contributed by atoms with van der Waals surface area (Å²) >= 11 is 0. The summed E-state index contributed by atoms with van der Waals surface area (Å²) in [5.74, 6) is -1.73. The summed E-state index contributed by atoms with van der Waals surface area (Å²) in [6.45, 7) is -2.72. The number of ether oxygens (including phenoxy) is 1. The Kier molecular flexibility index (Phi) is 3.40. The highest BCUT2D eigenvalue weighted by Crippen LogP contribution is 2.26. The van der Waals surface area contributed by atoms with Crippen LogP contribution in [-0.2, 0) is 0 Å². The third-order valence-electron chi connectivity index (χ3n) is 1.54. The van der Waals surface area contributed by atoms with Crippen LogP contribution in [0.1, 0.15) is 22.6 Å². The highest BCUT2D eigenvalue weighted by Gasteiger charge is 2.31. The zero-order valence-electron chi connectivity index (χ0n) is 10.7. The number of benzene rings is 1. The van der Waals surface area contributed by atoms with Gasteiger partial charge in [0.1, 0.15) is 11.6 Å². The van der Waals surface area contributed by atoms with Gasteiger partial charge in [0.15, 0.2) is 0 Å². The summed E-state index contributed by atoms with van der Waals surface area (Å²) in [5, 5.41) is 0. The Morgan fingerprint density at radius 3 is 2.56 bits per heavy atom. The van der Waals surface area contributed by atoms with Crippen molar-refractivity contribution >= 4 is 12.4 Å². The van der Waals surface area contributed by atoms with Crippen molar-refractivity contribution in [1.82, 2.24) is 0 Å². The summed E-state index contributed by atoms with van der Waals surface area (Å²) in [6, 6.07) is 0.301. The van der Waals surface area contributed by atoms with Gasteiger partial charge in [-0.15, -0.1) is 25.6 Å². The lowest BCUT2D eigenvalue weighted by atomic mass is 10.1. The number of hydrogen-bond acceptors (Lipinski definition) is 2. The van der Waals surface area contributed by atoms with Crippen molar-refractivity contribution in [3.63, 3.8) is 0 Å². The van der Waals surface area contributed by atoms with Gasteiger partial charge in [0, 0.05) is 15.7 Å². The van der Waals surface area contributed by atoms with Gasteiger partial charge in [0.2, 0.25) is 0 Å². The molecule has 1 rings (SSSR count). The van der Waals surface area contributed by atoms with E-state index in [1.54, 1.807) is 0 Å². The number of rotatable bonds is 2. The third kappa shape index (κ3) is 4.24. The molecule has 2 N–H and O–H groups in total. The van der Waals surface area contributed by atoms with Crippen molar-refractivity contribution in [2.24, 2.45) is 5.73 Å². The zero-order valence-corrected chi connectivity index (χ0v) is 8.53. The highest BCUT2D eigenvalue weighted by molar-refractivity contribution is 5.85. The van der Waals surface area contributed by atoms with E-state index in [1.165, 1.54) is 0 Å². The molecule has 1 atom stereocenters. The predicted molar refractivity (Wildman–Crippen MR) is 52.9 cm³/mol. The second-order valence-electron chi connectivity index (χ2n) is 2.71. The lowest BCUT2D eigenvalue weighted by Gasteiger charge is -2.12. The maximum atomic E-state index is 13.3. The summed E-state index contributed by atoms with van der Waals surface area (Å²) in [5.41, 5.74) is 4.71. The first kappa shape index (κ1) is 10.2. The Labute approximate surface area is 100 Å². The summed E-state index contributed by atoms with van der Waals surface area (Å²) < 4.78 is 73.7. The van der Waals surface area contributed by atoms with Gasteiger partial charge in [-0.25, -0.2) is 4.39 Å². The molecule has 1 aromatic rings. The van der Waals surface area contributed by atoms with Crippen LogP contribution in [0.15, 0.2) is 18.2 Å². The second kappa shape index (κ2) is 5.36. The molecule has 0 aliphatic rings. The normalized spacial score (nSPS) is 16.4. The smallest absolute Gasteiger partial charge is 0.406 e. The molecule has 92 valence electrons. The number of nitrogens with two attached hydrogens (primary N) is 1. The molecule has 0 amide bonds. The largest absolute Gasteiger partial charge is 0.573 e.